The van der Waals surface area contributed by atoms with E-state index in [0.29, 0.717) is 11.9 Å². The number of carbonyl (C=O) groups excluding carboxylic acids is 1. The molecule has 0 aromatic carbocycles. The standard InChI is InChI=1S/C30H59O6PS/c1-5-6-7-8-15-20-29(38-23-16-10-9-12-17-28-18-13-11-14-19-28)21-22-34-27(4)25-36-37(32,33)30(31)35-24-26(2)3/h26-29H,5-25H2,1-4H3,(H,32,33). The maximum absolute atomic E-state index is 12.1. The molecule has 3 atom stereocenters. The summed E-state index contributed by atoms with van der Waals surface area (Å²) in [6.07, 6.45) is 22.4. The van der Waals surface area contributed by atoms with Crippen LogP contribution in [0.15, 0.2) is 0 Å². The molecule has 0 spiro atoms. The fourth-order valence-corrected chi connectivity index (χ4v) is 6.98. The quantitative estimate of drug-likeness (QED) is 0.0901. The summed E-state index contributed by atoms with van der Waals surface area (Å²) in [5.74, 6) is 2.31. The molecule has 1 N–H and O–H groups in total. The van der Waals surface area contributed by atoms with Crippen LogP contribution in [0.25, 0.3) is 0 Å². The normalized spacial score (nSPS) is 17.8. The Balaban J connectivity index is 2.26. The van der Waals surface area contributed by atoms with E-state index in [0.717, 1.165) is 12.3 Å². The van der Waals surface area contributed by atoms with E-state index in [2.05, 4.69) is 18.7 Å². The first-order chi connectivity index (χ1) is 18.2. The molecule has 1 aliphatic carbocycles. The molecular formula is C30H59O6PS. The van der Waals surface area contributed by atoms with E-state index < -0.39 is 13.3 Å². The molecule has 0 amide bonds. The van der Waals surface area contributed by atoms with Crippen LogP contribution in [-0.2, 0) is 18.6 Å². The maximum Gasteiger partial charge on any atom is 0.435 e. The third kappa shape index (κ3) is 19.1. The Morgan fingerprint density at radius 1 is 0.921 bits per heavy atom. The Labute approximate surface area is 238 Å². The average Bonchev–Trinajstić information content (AvgIpc) is 2.90. The van der Waals surface area contributed by atoms with Crippen LogP contribution in [0.2, 0.25) is 0 Å². The van der Waals surface area contributed by atoms with Crippen molar-refractivity contribution in [2.24, 2.45) is 11.8 Å². The predicted molar refractivity (Wildman–Crippen MR) is 161 cm³/mol. The van der Waals surface area contributed by atoms with Crippen LogP contribution in [0, 0.1) is 11.8 Å². The van der Waals surface area contributed by atoms with Gasteiger partial charge in [-0.05, 0) is 43.8 Å². The zero-order valence-electron chi connectivity index (χ0n) is 25.0. The van der Waals surface area contributed by atoms with Crippen LogP contribution in [0.5, 0.6) is 0 Å². The van der Waals surface area contributed by atoms with Gasteiger partial charge in [0.1, 0.15) is 0 Å². The maximum atomic E-state index is 12.1. The van der Waals surface area contributed by atoms with Gasteiger partial charge in [-0.25, -0.2) is 9.36 Å². The summed E-state index contributed by atoms with van der Waals surface area (Å²) in [7, 11) is -4.45. The molecule has 1 fully saturated rings. The van der Waals surface area contributed by atoms with Gasteiger partial charge >= 0.3 is 13.3 Å². The van der Waals surface area contributed by atoms with Crippen LogP contribution >= 0.6 is 19.4 Å². The molecule has 226 valence electrons. The van der Waals surface area contributed by atoms with E-state index >= 15 is 0 Å². The van der Waals surface area contributed by atoms with Gasteiger partial charge in [-0.3, -0.25) is 4.52 Å². The monoisotopic (exact) mass is 578 g/mol. The number of thioether (sulfide) groups is 1. The molecule has 1 aliphatic rings. The number of ether oxygens (including phenoxy) is 2. The lowest BCUT2D eigenvalue weighted by atomic mass is 9.85. The van der Waals surface area contributed by atoms with E-state index in [9.17, 15) is 14.3 Å². The fraction of sp³-hybridized carbons (Fsp3) is 0.967. The van der Waals surface area contributed by atoms with Crippen molar-refractivity contribution in [2.75, 3.05) is 25.6 Å². The van der Waals surface area contributed by atoms with Crippen molar-refractivity contribution < 1.29 is 28.3 Å². The number of rotatable bonds is 24. The zero-order chi connectivity index (χ0) is 28.1. The highest BCUT2D eigenvalue weighted by molar-refractivity contribution is 7.99. The Kier molecular flexibility index (Phi) is 21.4. The average molecular weight is 579 g/mol. The Morgan fingerprint density at radius 2 is 1.61 bits per heavy atom. The van der Waals surface area contributed by atoms with Crippen molar-refractivity contribution in [2.45, 2.75) is 148 Å². The van der Waals surface area contributed by atoms with Crippen LogP contribution in [-0.4, -0.2) is 47.5 Å². The summed E-state index contributed by atoms with van der Waals surface area (Å²) in [5, 5.41) is 0.585. The molecule has 0 aromatic heterocycles. The lowest BCUT2D eigenvalue weighted by Crippen LogP contribution is -2.20. The first kappa shape index (κ1) is 36.0. The minimum atomic E-state index is -4.45. The Morgan fingerprint density at radius 3 is 2.32 bits per heavy atom. The SMILES string of the molecule is CCCCCCCC(CCOC(C)COP(=O)(O)C(=O)OCC(C)C)SCCCCCCC1CCCCC1. The summed E-state index contributed by atoms with van der Waals surface area (Å²) in [6.45, 7) is 8.35. The molecule has 8 heteroatoms. The molecule has 0 radical (unpaired) electrons. The van der Waals surface area contributed by atoms with E-state index in [4.69, 9.17) is 14.0 Å². The van der Waals surface area contributed by atoms with E-state index in [1.807, 2.05) is 13.8 Å². The third-order valence-corrected chi connectivity index (χ3v) is 9.87. The van der Waals surface area contributed by atoms with E-state index in [1.54, 1.807) is 6.92 Å². The summed E-state index contributed by atoms with van der Waals surface area (Å²) < 4.78 is 27.8. The topological polar surface area (TPSA) is 82.1 Å². The molecule has 1 rings (SSSR count). The van der Waals surface area contributed by atoms with Gasteiger partial charge in [0.2, 0.25) is 0 Å². The molecule has 3 unspecified atom stereocenters. The van der Waals surface area contributed by atoms with Crippen LogP contribution in [0.4, 0.5) is 4.79 Å². The molecule has 6 nitrogen and oxygen atoms in total. The molecule has 0 aliphatic heterocycles. The van der Waals surface area contributed by atoms with Crippen molar-refractivity contribution in [3.8, 4) is 0 Å². The van der Waals surface area contributed by atoms with Crippen molar-refractivity contribution in [3.63, 3.8) is 0 Å². The lowest BCUT2D eigenvalue weighted by molar-refractivity contribution is 0.0273. The highest BCUT2D eigenvalue weighted by Gasteiger charge is 2.33. The Hall–Kier alpha value is -0.0700. The van der Waals surface area contributed by atoms with Gasteiger partial charge in [-0.1, -0.05) is 111 Å². The minimum Gasteiger partial charge on any atom is -0.456 e. The summed E-state index contributed by atoms with van der Waals surface area (Å²) in [4.78, 5) is 21.7. The number of unbranched alkanes of at least 4 members (excludes halogenated alkanes) is 7. The first-order valence-electron chi connectivity index (χ1n) is 15.6. The van der Waals surface area contributed by atoms with Crippen LogP contribution in [0.3, 0.4) is 0 Å². The van der Waals surface area contributed by atoms with E-state index in [1.165, 1.54) is 108 Å². The third-order valence-electron chi connectivity index (χ3n) is 7.31. The van der Waals surface area contributed by atoms with Crippen molar-refractivity contribution >= 4 is 25.1 Å². The molecule has 1 saturated carbocycles. The molecule has 0 bridgehead atoms. The molecule has 0 saturated heterocycles. The highest BCUT2D eigenvalue weighted by Crippen LogP contribution is 2.44. The summed E-state index contributed by atoms with van der Waals surface area (Å²) in [5.41, 5.74) is -1.19. The van der Waals surface area contributed by atoms with Gasteiger partial charge in [0.25, 0.3) is 0 Å². The second-order valence-corrected chi connectivity index (χ2v) is 14.7. The largest absolute Gasteiger partial charge is 0.456 e. The van der Waals surface area contributed by atoms with Gasteiger partial charge in [0.15, 0.2) is 0 Å². The van der Waals surface area contributed by atoms with Crippen molar-refractivity contribution in [1.82, 2.24) is 0 Å². The molecule has 0 aromatic rings. The molecular weight excluding hydrogens is 519 g/mol. The minimum absolute atomic E-state index is 0.0879. The first-order valence-corrected chi connectivity index (χ1v) is 18.2. The fourth-order valence-electron chi connectivity index (χ4n) is 4.93. The number of carbonyl (C=O) groups is 1. The van der Waals surface area contributed by atoms with Gasteiger partial charge in [-0.2, -0.15) is 11.8 Å². The van der Waals surface area contributed by atoms with Gasteiger partial charge in [0.05, 0.1) is 19.3 Å². The summed E-state index contributed by atoms with van der Waals surface area (Å²) in [6, 6.07) is 0. The second kappa shape index (κ2) is 22.6. The predicted octanol–water partition coefficient (Wildman–Crippen LogP) is 9.77. The van der Waals surface area contributed by atoms with Crippen molar-refractivity contribution in [1.29, 1.82) is 0 Å². The molecule has 38 heavy (non-hydrogen) atoms. The van der Waals surface area contributed by atoms with Crippen molar-refractivity contribution in [3.05, 3.63) is 0 Å². The smallest absolute Gasteiger partial charge is 0.435 e. The van der Waals surface area contributed by atoms with Crippen LogP contribution < -0.4 is 0 Å². The van der Waals surface area contributed by atoms with Crippen LogP contribution in [0.1, 0.15) is 137 Å². The second-order valence-electron chi connectivity index (χ2n) is 11.7. The number of hydrogen-bond donors (Lipinski definition) is 1. The summed E-state index contributed by atoms with van der Waals surface area (Å²) >= 11 is 2.10. The zero-order valence-corrected chi connectivity index (χ0v) is 26.7. The van der Waals surface area contributed by atoms with Gasteiger partial charge < -0.3 is 14.4 Å². The Bertz CT molecular complexity index is 626. The molecule has 0 heterocycles. The number of hydrogen-bond acceptors (Lipinski definition) is 6. The van der Waals surface area contributed by atoms with Gasteiger partial charge in [-0.15, -0.1) is 0 Å². The van der Waals surface area contributed by atoms with E-state index in [-0.39, 0.29) is 25.2 Å². The highest BCUT2D eigenvalue weighted by atomic mass is 32.2. The lowest BCUT2D eigenvalue weighted by Gasteiger charge is -2.21. The van der Waals surface area contributed by atoms with Gasteiger partial charge in [0, 0.05) is 11.9 Å².